The average molecular weight is 974 g/mol. The first kappa shape index (κ1) is 53.2. The van der Waals surface area contributed by atoms with Gasteiger partial charge < -0.3 is 33.7 Å². The molecule has 2 aromatic rings. The highest BCUT2D eigenvalue weighted by Gasteiger charge is 2.70. The Morgan fingerprint density at radius 2 is 1.20 bits per heavy atom. The number of nitrogens with zero attached hydrogens (tertiary/aromatic N) is 3. The van der Waals surface area contributed by atoms with E-state index in [4.69, 9.17) is 18.9 Å². The molecule has 6 aliphatic carbocycles. The molecule has 4 unspecified atom stereocenters. The van der Waals surface area contributed by atoms with Crippen LogP contribution < -0.4 is 16.1 Å². The van der Waals surface area contributed by atoms with Crippen LogP contribution in [-0.2, 0) is 42.0 Å². The zero-order valence-corrected chi connectivity index (χ0v) is 43.0. The molecule has 16 nitrogen and oxygen atoms in total. The van der Waals surface area contributed by atoms with Crippen molar-refractivity contribution in [2.24, 2.45) is 68.0 Å². The quantitative estimate of drug-likeness (QED) is 0.202. The van der Waals surface area contributed by atoms with E-state index in [1.165, 1.54) is 48.4 Å². The molecule has 0 radical (unpaired) electrons. The number of aromatic amines is 1. The lowest BCUT2D eigenvalue weighted by molar-refractivity contribution is -0.387. The second kappa shape index (κ2) is 19.4. The fourth-order valence-electron chi connectivity index (χ4n) is 15.1. The van der Waals surface area contributed by atoms with Crippen LogP contribution in [0.5, 0.6) is 0 Å². The minimum Gasteiger partial charge on any atom is -0.458 e. The molecule has 6 aliphatic rings. The first-order chi connectivity index (χ1) is 32.9. The van der Waals surface area contributed by atoms with Crippen molar-refractivity contribution in [2.75, 3.05) is 14.2 Å². The van der Waals surface area contributed by atoms with E-state index in [0.29, 0.717) is 25.7 Å². The number of ketones is 2. The molecule has 0 aromatic carbocycles. The lowest BCUT2D eigenvalue weighted by Gasteiger charge is -2.61. The van der Waals surface area contributed by atoms with Gasteiger partial charge in [-0.05, 0) is 85.9 Å². The van der Waals surface area contributed by atoms with Gasteiger partial charge in [0.05, 0.1) is 12.2 Å². The van der Waals surface area contributed by atoms with Crippen LogP contribution in [-0.4, -0.2) is 86.5 Å². The molecule has 0 spiro atoms. The van der Waals surface area contributed by atoms with Crippen LogP contribution in [0.3, 0.4) is 0 Å². The van der Waals surface area contributed by atoms with Crippen LogP contribution in [0.1, 0.15) is 140 Å². The summed E-state index contributed by atoms with van der Waals surface area (Å²) in [7, 11) is 2.97. The number of hydrogen-bond acceptors (Lipinski definition) is 13. The van der Waals surface area contributed by atoms with Gasteiger partial charge in [-0.25, -0.2) is 14.4 Å². The molecule has 3 N–H and O–H groups in total. The maximum atomic E-state index is 13.5. The van der Waals surface area contributed by atoms with Gasteiger partial charge in [0.1, 0.15) is 48.6 Å². The standard InChI is InChI=1S/2C27H38N2O6/c1-7-25(4)12-20(35-24(33)18-13-29(15-34-6)14-28-23(18)32)26(5)16(2)8-10-27(17(3)22(25)31)11-9-19(30)21(26)27;1-7-25(4)12-20(35-24(33)18-13-28-14-29(15-34-6)23(18)32)26(5)16(2)8-10-27(17(3)22(25)31)11-9-19(30)21(26)27/h2*7,13-14,16-17,20-22,31H,1,8-12,15H2,2-6H3/p+1/t2*16?,17-,20+,21?,22-,25+,26-,27-/m00/s1. The molecule has 8 rings (SSSR count). The van der Waals surface area contributed by atoms with E-state index in [1.807, 2.05) is 13.8 Å². The Bertz CT molecular complexity index is 2400. The molecule has 0 saturated heterocycles. The highest BCUT2D eigenvalue weighted by molar-refractivity contribution is 5.90. The predicted octanol–water partition coefficient (Wildman–Crippen LogP) is 6.15. The summed E-state index contributed by atoms with van der Waals surface area (Å²) < 4.78 is 25.2. The summed E-state index contributed by atoms with van der Waals surface area (Å²) in [6, 6.07) is 0. The fraction of sp³-hybridized carbons (Fsp3) is 0.704. The molecule has 2 aromatic heterocycles. The van der Waals surface area contributed by atoms with E-state index in [0.717, 1.165) is 38.5 Å². The fourth-order valence-corrected chi connectivity index (χ4v) is 15.1. The summed E-state index contributed by atoms with van der Waals surface area (Å²) in [6.07, 6.45) is 12.6. The van der Waals surface area contributed by atoms with Crippen molar-refractivity contribution >= 4 is 23.5 Å². The van der Waals surface area contributed by atoms with Crippen LogP contribution in [0.2, 0.25) is 0 Å². The number of hydrogen-bond donors (Lipinski definition) is 2. The van der Waals surface area contributed by atoms with Gasteiger partial charge in [0.25, 0.3) is 5.56 Å². The molecule has 16 atom stereocenters. The predicted molar refractivity (Wildman–Crippen MR) is 258 cm³/mol. The molecule has 0 aliphatic heterocycles. The van der Waals surface area contributed by atoms with Crippen molar-refractivity contribution in [1.82, 2.24) is 14.1 Å². The number of aliphatic hydroxyl groups excluding tert-OH is 2. The van der Waals surface area contributed by atoms with E-state index in [1.54, 1.807) is 12.2 Å². The highest BCUT2D eigenvalue weighted by atomic mass is 16.6. The van der Waals surface area contributed by atoms with Crippen molar-refractivity contribution in [3.8, 4) is 0 Å². The van der Waals surface area contributed by atoms with Crippen LogP contribution in [0, 0.1) is 68.0 Å². The molecule has 6 fully saturated rings. The minimum absolute atomic E-state index is 0.00760. The van der Waals surface area contributed by atoms with Crippen molar-refractivity contribution < 1.29 is 53.3 Å². The third-order valence-corrected chi connectivity index (χ3v) is 19.9. The van der Waals surface area contributed by atoms with E-state index < -0.39 is 69.1 Å². The summed E-state index contributed by atoms with van der Waals surface area (Å²) in [5, 5.41) is 23.2. The number of Topliss-reactive ketones (excluding diaryl/α,β-unsaturated/α-hetero) is 2. The Kier molecular flexibility index (Phi) is 14.7. The third-order valence-electron chi connectivity index (χ3n) is 19.9. The van der Waals surface area contributed by atoms with Crippen LogP contribution in [0.4, 0.5) is 0 Å². The number of esters is 2. The number of rotatable bonds is 10. The molecule has 16 heteroatoms. The van der Waals surface area contributed by atoms with Gasteiger partial charge in [-0.2, -0.15) is 9.55 Å². The molecular formula is C54H77N4O12+. The van der Waals surface area contributed by atoms with Crippen molar-refractivity contribution in [3.63, 3.8) is 0 Å². The van der Waals surface area contributed by atoms with E-state index in [9.17, 15) is 39.0 Å². The largest absolute Gasteiger partial charge is 0.458 e. The number of ether oxygens (including phenoxy) is 4. The van der Waals surface area contributed by atoms with E-state index in [-0.39, 0.29) is 82.5 Å². The van der Waals surface area contributed by atoms with Crippen molar-refractivity contribution in [2.45, 2.75) is 157 Å². The van der Waals surface area contributed by atoms with Gasteiger partial charge in [0.15, 0.2) is 12.3 Å². The van der Waals surface area contributed by atoms with Gasteiger partial charge in [-0.3, -0.25) is 19.4 Å². The van der Waals surface area contributed by atoms with Crippen LogP contribution in [0.15, 0.2) is 59.9 Å². The van der Waals surface area contributed by atoms with E-state index >= 15 is 0 Å². The first-order valence-electron chi connectivity index (χ1n) is 25.2. The Hall–Kier alpha value is -4.64. The van der Waals surface area contributed by atoms with Crippen molar-refractivity contribution in [3.05, 3.63) is 82.2 Å². The summed E-state index contributed by atoms with van der Waals surface area (Å²) in [6.45, 7) is 24.6. The number of H-pyrrole nitrogens is 1. The lowest BCUT2D eigenvalue weighted by atomic mass is 9.44. The average Bonchev–Trinajstić information content (AvgIpc) is 3.88. The number of carbonyl (C=O) groups excluding carboxylic acids is 4. The Morgan fingerprint density at radius 3 is 1.64 bits per heavy atom. The third kappa shape index (κ3) is 8.29. The van der Waals surface area contributed by atoms with Gasteiger partial charge >= 0.3 is 17.5 Å². The van der Waals surface area contributed by atoms with Gasteiger partial charge in [-0.1, -0.05) is 67.5 Å². The second-order valence-electron chi connectivity index (χ2n) is 23.0. The molecule has 70 heavy (non-hydrogen) atoms. The zero-order valence-electron chi connectivity index (χ0n) is 43.0. The molecule has 6 saturated carbocycles. The van der Waals surface area contributed by atoms with E-state index in [2.05, 4.69) is 64.7 Å². The maximum absolute atomic E-state index is 13.5. The van der Waals surface area contributed by atoms with Crippen LogP contribution >= 0.6 is 0 Å². The maximum Gasteiger partial charge on any atom is 0.353 e. The smallest absolute Gasteiger partial charge is 0.353 e. The van der Waals surface area contributed by atoms with Gasteiger partial charge in [0.2, 0.25) is 6.33 Å². The van der Waals surface area contributed by atoms with Crippen LogP contribution in [0.25, 0.3) is 0 Å². The summed E-state index contributed by atoms with van der Waals surface area (Å²) in [5.74, 6) is -1.77. The molecule has 0 amide bonds. The van der Waals surface area contributed by atoms with Crippen molar-refractivity contribution in [1.29, 1.82) is 0 Å². The monoisotopic (exact) mass is 974 g/mol. The Labute approximate surface area is 411 Å². The minimum atomic E-state index is -0.775. The second-order valence-corrected chi connectivity index (χ2v) is 23.0. The summed E-state index contributed by atoms with van der Waals surface area (Å²) >= 11 is 0. The number of aromatic nitrogens is 4. The van der Waals surface area contributed by atoms with Gasteiger partial charge in [0, 0.05) is 66.8 Å². The Balaban J connectivity index is 0.000000206. The number of carbonyl (C=O) groups is 4. The summed E-state index contributed by atoms with van der Waals surface area (Å²) in [5.41, 5.74) is -4.96. The molecule has 384 valence electrons. The summed E-state index contributed by atoms with van der Waals surface area (Å²) in [4.78, 5) is 85.8. The topological polar surface area (TPSA) is 217 Å². The number of nitrogens with one attached hydrogen (secondary N) is 1. The Morgan fingerprint density at radius 1 is 0.743 bits per heavy atom. The first-order valence-corrected chi connectivity index (χ1v) is 25.2. The van der Waals surface area contributed by atoms with Gasteiger partial charge in [-0.15, -0.1) is 13.2 Å². The number of aliphatic hydroxyl groups is 2. The normalized spacial score (nSPS) is 41.0. The molecule has 2 heterocycles. The molecular weight excluding hydrogens is 897 g/mol. The number of methoxy groups -OCH3 is 2. The zero-order chi connectivity index (χ0) is 51.5. The SMILES string of the molecule is C=C[C@]1(C)C[C@@H](OC(=O)c2c[nH+]cn(COC)c2=O)[C@]2(C)C(C)CC[C@]3(CCC(=O)C32)[C@@H](C)[C@@H]1O.C=C[C@]1(C)C[C@@H](OC(=O)c2cn(COC)cnc2=O)[C@]2(C)C(C)CC[C@]3(CCC(=O)C32)[C@@H](C)[C@@H]1O. The molecule has 4 bridgehead atoms. The lowest BCUT2D eigenvalue weighted by Crippen LogP contribution is -2.63. The highest BCUT2D eigenvalue weighted by Crippen LogP contribution is 2.69.